The van der Waals surface area contributed by atoms with E-state index in [4.69, 9.17) is 23.2 Å². The highest BCUT2D eigenvalue weighted by Gasteiger charge is 2.23. The highest BCUT2D eigenvalue weighted by molar-refractivity contribution is 6.42. The first kappa shape index (κ1) is 11.9. The lowest BCUT2D eigenvalue weighted by Crippen LogP contribution is -2.19. The number of nitrogens with one attached hydrogen (secondary N) is 1. The van der Waals surface area contributed by atoms with Gasteiger partial charge >= 0.3 is 0 Å². The lowest BCUT2D eigenvalue weighted by molar-refractivity contribution is -0.121. The smallest absolute Gasteiger partial charge is 0.141 e. The molecule has 1 heterocycles. The van der Waals surface area contributed by atoms with Crippen LogP contribution in [-0.4, -0.2) is 18.9 Å². The summed E-state index contributed by atoms with van der Waals surface area (Å²) in [4.78, 5) is 11.9. The number of benzene rings is 1. The quantitative estimate of drug-likeness (QED) is 0.903. The molecular weight excluding hydrogens is 245 g/mol. The van der Waals surface area contributed by atoms with E-state index in [0.717, 1.165) is 25.1 Å². The second-order valence-electron chi connectivity index (χ2n) is 4.05. The van der Waals surface area contributed by atoms with Gasteiger partial charge in [0.25, 0.3) is 0 Å². The monoisotopic (exact) mass is 257 g/mol. The second-order valence-corrected chi connectivity index (χ2v) is 4.83. The largest absolute Gasteiger partial charge is 0.316 e. The summed E-state index contributed by atoms with van der Waals surface area (Å²) in [6.45, 7) is 1.72. The van der Waals surface area contributed by atoms with Crippen LogP contribution in [0.2, 0.25) is 10.0 Å². The molecule has 1 saturated heterocycles. The Morgan fingerprint density at radius 1 is 1.44 bits per heavy atom. The van der Waals surface area contributed by atoms with Gasteiger partial charge in [0, 0.05) is 18.9 Å². The van der Waals surface area contributed by atoms with E-state index < -0.39 is 0 Å². The van der Waals surface area contributed by atoms with Crippen molar-refractivity contribution in [2.75, 3.05) is 13.1 Å². The fourth-order valence-electron chi connectivity index (χ4n) is 1.95. The fraction of sp³-hybridized carbons (Fsp3) is 0.417. The Kier molecular flexibility index (Phi) is 3.85. The normalized spacial score (nSPS) is 20.0. The molecule has 0 saturated carbocycles. The van der Waals surface area contributed by atoms with Crippen LogP contribution >= 0.6 is 23.2 Å². The van der Waals surface area contributed by atoms with E-state index in [9.17, 15) is 4.79 Å². The molecule has 1 N–H and O–H groups in total. The van der Waals surface area contributed by atoms with E-state index in [1.165, 1.54) is 0 Å². The highest BCUT2D eigenvalue weighted by Crippen LogP contribution is 2.26. The molecule has 1 atom stereocenters. The number of hydrogen-bond acceptors (Lipinski definition) is 2. The van der Waals surface area contributed by atoms with E-state index in [0.29, 0.717) is 16.5 Å². The lowest BCUT2D eigenvalue weighted by Gasteiger charge is -2.09. The van der Waals surface area contributed by atoms with Crippen molar-refractivity contribution in [3.8, 4) is 0 Å². The summed E-state index contributed by atoms with van der Waals surface area (Å²) in [5.41, 5.74) is 0.825. The molecule has 0 radical (unpaired) electrons. The fourth-order valence-corrected chi connectivity index (χ4v) is 2.33. The molecule has 0 aliphatic carbocycles. The number of halogens is 2. The van der Waals surface area contributed by atoms with Gasteiger partial charge in [-0.1, -0.05) is 35.3 Å². The van der Waals surface area contributed by atoms with Crippen molar-refractivity contribution in [2.45, 2.75) is 12.8 Å². The van der Waals surface area contributed by atoms with Crippen LogP contribution in [0.5, 0.6) is 0 Å². The molecule has 1 aromatic rings. The van der Waals surface area contributed by atoms with Crippen LogP contribution in [0.25, 0.3) is 0 Å². The van der Waals surface area contributed by atoms with Crippen LogP contribution in [0.4, 0.5) is 0 Å². The Labute approximate surface area is 105 Å². The molecule has 4 heteroatoms. The standard InChI is InChI=1S/C12H13Cl2NO/c13-10-3-1-2-8(12(10)14)6-11(16)9-4-5-15-7-9/h1-3,9,15H,4-7H2. The van der Waals surface area contributed by atoms with Gasteiger partial charge in [-0.2, -0.15) is 0 Å². The minimum absolute atomic E-state index is 0.134. The Balaban J connectivity index is 2.08. The number of Topliss-reactive ketones (excluding diaryl/α,β-unsaturated/α-hetero) is 1. The van der Waals surface area contributed by atoms with E-state index in [1.807, 2.05) is 12.1 Å². The zero-order valence-electron chi connectivity index (χ0n) is 8.80. The average molecular weight is 258 g/mol. The Morgan fingerprint density at radius 3 is 2.94 bits per heavy atom. The van der Waals surface area contributed by atoms with Gasteiger partial charge in [-0.25, -0.2) is 0 Å². The zero-order chi connectivity index (χ0) is 11.5. The minimum Gasteiger partial charge on any atom is -0.316 e. The molecule has 2 rings (SSSR count). The number of carbonyl (C=O) groups is 1. The van der Waals surface area contributed by atoms with E-state index >= 15 is 0 Å². The summed E-state index contributed by atoms with van der Waals surface area (Å²) in [5.74, 6) is 0.379. The van der Waals surface area contributed by atoms with Crippen molar-refractivity contribution in [3.05, 3.63) is 33.8 Å². The predicted molar refractivity (Wildman–Crippen MR) is 66.1 cm³/mol. The first-order valence-corrected chi connectivity index (χ1v) is 6.10. The Morgan fingerprint density at radius 2 is 2.25 bits per heavy atom. The molecule has 0 spiro atoms. The van der Waals surface area contributed by atoms with Crippen molar-refractivity contribution in [2.24, 2.45) is 5.92 Å². The maximum absolute atomic E-state index is 11.9. The molecule has 0 aromatic heterocycles. The second kappa shape index (κ2) is 5.17. The molecular formula is C12H13Cl2NO. The van der Waals surface area contributed by atoms with Gasteiger partial charge in [0.2, 0.25) is 0 Å². The summed E-state index contributed by atoms with van der Waals surface area (Å²) in [6, 6.07) is 5.41. The van der Waals surface area contributed by atoms with Crippen molar-refractivity contribution in [3.63, 3.8) is 0 Å². The van der Waals surface area contributed by atoms with Gasteiger partial charge in [0.1, 0.15) is 5.78 Å². The van der Waals surface area contributed by atoms with Crippen molar-refractivity contribution in [1.29, 1.82) is 0 Å². The van der Waals surface area contributed by atoms with E-state index in [2.05, 4.69) is 5.32 Å². The van der Waals surface area contributed by atoms with Crippen molar-refractivity contribution >= 4 is 29.0 Å². The van der Waals surface area contributed by atoms with Crippen molar-refractivity contribution < 1.29 is 4.79 Å². The van der Waals surface area contributed by atoms with Gasteiger partial charge in [0.15, 0.2) is 0 Å². The van der Waals surface area contributed by atoms with Crippen LogP contribution in [0.1, 0.15) is 12.0 Å². The molecule has 1 aliphatic heterocycles. The third-order valence-electron chi connectivity index (χ3n) is 2.91. The summed E-state index contributed by atoms with van der Waals surface area (Å²) in [5, 5.41) is 4.20. The van der Waals surface area contributed by atoms with E-state index in [1.54, 1.807) is 6.07 Å². The first-order chi connectivity index (χ1) is 7.68. The van der Waals surface area contributed by atoms with Gasteiger partial charge in [-0.3, -0.25) is 4.79 Å². The first-order valence-electron chi connectivity index (χ1n) is 5.35. The lowest BCUT2D eigenvalue weighted by atomic mass is 9.97. The summed E-state index contributed by atoms with van der Waals surface area (Å²) >= 11 is 11.9. The molecule has 1 aromatic carbocycles. The molecule has 16 heavy (non-hydrogen) atoms. The van der Waals surface area contributed by atoms with E-state index in [-0.39, 0.29) is 11.7 Å². The molecule has 1 aliphatic rings. The van der Waals surface area contributed by atoms with Crippen LogP contribution in [-0.2, 0) is 11.2 Å². The van der Waals surface area contributed by atoms with Crippen LogP contribution < -0.4 is 5.32 Å². The summed E-state index contributed by atoms with van der Waals surface area (Å²) in [6.07, 6.45) is 1.31. The summed E-state index contributed by atoms with van der Waals surface area (Å²) < 4.78 is 0. The Bertz CT molecular complexity index is 400. The zero-order valence-corrected chi connectivity index (χ0v) is 10.3. The molecule has 0 bridgehead atoms. The number of ketones is 1. The third-order valence-corrected chi connectivity index (χ3v) is 3.77. The molecule has 1 fully saturated rings. The SMILES string of the molecule is O=C(Cc1cccc(Cl)c1Cl)C1CCNC1. The number of rotatable bonds is 3. The third kappa shape index (κ3) is 2.57. The molecule has 86 valence electrons. The summed E-state index contributed by atoms with van der Waals surface area (Å²) in [7, 11) is 0. The van der Waals surface area contributed by atoms with Crippen LogP contribution in [0, 0.1) is 5.92 Å². The van der Waals surface area contributed by atoms with Gasteiger partial charge in [-0.15, -0.1) is 0 Å². The van der Waals surface area contributed by atoms with Crippen LogP contribution in [0.3, 0.4) is 0 Å². The topological polar surface area (TPSA) is 29.1 Å². The maximum Gasteiger partial charge on any atom is 0.141 e. The minimum atomic E-state index is 0.134. The molecule has 2 nitrogen and oxygen atoms in total. The number of hydrogen-bond donors (Lipinski definition) is 1. The van der Waals surface area contributed by atoms with Gasteiger partial charge in [-0.05, 0) is 24.6 Å². The average Bonchev–Trinajstić information content (AvgIpc) is 2.78. The highest BCUT2D eigenvalue weighted by atomic mass is 35.5. The molecule has 1 unspecified atom stereocenters. The molecule has 0 amide bonds. The van der Waals surface area contributed by atoms with Crippen LogP contribution in [0.15, 0.2) is 18.2 Å². The van der Waals surface area contributed by atoms with Gasteiger partial charge < -0.3 is 5.32 Å². The Hall–Kier alpha value is -0.570. The predicted octanol–water partition coefficient (Wildman–Crippen LogP) is 2.71. The van der Waals surface area contributed by atoms with Gasteiger partial charge in [0.05, 0.1) is 10.0 Å². The maximum atomic E-state index is 11.9. The van der Waals surface area contributed by atoms with Crippen molar-refractivity contribution in [1.82, 2.24) is 5.32 Å². The number of carbonyl (C=O) groups excluding carboxylic acids is 1.